The molecule has 1 aromatic carbocycles. The molecule has 26 heavy (non-hydrogen) atoms. The van der Waals surface area contributed by atoms with Crippen LogP contribution in [0.5, 0.6) is 0 Å². The molecule has 0 radical (unpaired) electrons. The molecule has 0 unspecified atom stereocenters. The third kappa shape index (κ3) is 3.81. The molecule has 1 aliphatic heterocycles. The Labute approximate surface area is 153 Å². The van der Waals surface area contributed by atoms with Crippen molar-refractivity contribution in [3.63, 3.8) is 0 Å². The Balaban J connectivity index is 1.80. The van der Waals surface area contributed by atoms with E-state index < -0.39 is 15.9 Å². The first-order valence-electron chi connectivity index (χ1n) is 8.70. The summed E-state index contributed by atoms with van der Waals surface area (Å²) in [6.45, 7) is 4.71. The zero-order chi connectivity index (χ0) is 18.7. The van der Waals surface area contributed by atoms with Gasteiger partial charge in [-0.05, 0) is 38.8 Å². The number of aryl methyl sites for hydroxylation is 2. The Morgan fingerprint density at radius 3 is 2.54 bits per heavy atom. The Kier molecular flexibility index (Phi) is 5.43. The summed E-state index contributed by atoms with van der Waals surface area (Å²) in [5, 5.41) is 2.69. The van der Waals surface area contributed by atoms with Crippen LogP contribution in [-0.2, 0) is 16.6 Å². The van der Waals surface area contributed by atoms with Crippen molar-refractivity contribution in [2.24, 2.45) is 0 Å². The SMILES string of the molecule is Cc1nc(CNC(=O)c2ccccc2S(=O)(=O)N2CCCCC2)oc1C. The molecule has 8 heteroatoms. The molecule has 0 bridgehead atoms. The number of carbonyl (C=O) groups is 1. The maximum Gasteiger partial charge on any atom is 0.253 e. The molecular formula is C18H23N3O4S. The number of rotatable bonds is 5. The van der Waals surface area contributed by atoms with Crippen molar-refractivity contribution >= 4 is 15.9 Å². The quantitative estimate of drug-likeness (QED) is 0.864. The van der Waals surface area contributed by atoms with Crippen LogP contribution in [0.25, 0.3) is 0 Å². The van der Waals surface area contributed by atoms with Gasteiger partial charge in [0.25, 0.3) is 5.91 Å². The Bertz CT molecular complexity index is 879. The van der Waals surface area contributed by atoms with Crippen LogP contribution in [0, 0.1) is 13.8 Å². The predicted molar refractivity (Wildman–Crippen MR) is 96.2 cm³/mol. The van der Waals surface area contributed by atoms with E-state index in [4.69, 9.17) is 4.42 Å². The van der Waals surface area contributed by atoms with E-state index in [0.29, 0.717) is 24.7 Å². The van der Waals surface area contributed by atoms with Crippen LogP contribution >= 0.6 is 0 Å². The molecule has 0 spiro atoms. The molecule has 140 valence electrons. The van der Waals surface area contributed by atoms with Gasteiger partial charge in [0, 0.05) is 13.1 Å². The van der Waals surface area contributed by atoms with E-state index >= 15 is 0 Å². The highest BCUT2D eigenvalue weighted by Gasteiger charge is 2.29. The first-order valence-corrected chi connectivity index (χ1v) is 10.1. The van der Waals surface area contributed by atoms with Crippen molar-refractivity contribution < 1.29 is 17.6 Å². The van der Waals surface area contributed by atoms with Gasteiger partial charge in [0.05, 0.1) is 22.7 Å². The minimum atomic E-state index is -3.69. The smallest absolute Gasteiger partial charge is 0.253 e. The molecule has 1 aromatic heterocycles. The Morgan fingerprint density at radius 1 is 1.19 bits per heavy atom. The summed E-state index contributed by atoms with van der Waals surface area (Å²) in [5.74, 6) is 0.627. The molecule has 2 heterocycles. The van der Waals surface area contributed by atoms with Crippen molar-refractivity contribution in [3.05, 3.63) is 47.2 Å². The van der Waals surface area contributed by atoms with Crippen molar-refractivity contribution in [3.8, 4) is 0 Å². The number of hydrogen-bond acceptors (Lipinski definition) is 5. The van der Waals surface area contributed by atoms with Gasteiger partial charge in [-0.3, -0.25) is 4.79 Å². The summed E-state index contributed by atoms with van der Waals surface area (Å²) < 4.78 is 32.8. The van der Waals surface area contributed by atoms with Gasteiger partial charge in [-0.25, -0.2) is 13.4 Å². The van der Waals surface area contributed by atoms with Gasteiger partial charge in [0.15, 0.2) is 0 Å². The summed E-state index contributed by atoms with van der Waals surface area (Å²) in [5.41, 5.74) is 0.903. The third-order valence-corrected chi connectivity index (χ3v) is 6.49. The number of benzene rings is 1. The fourth-order valence-electron chi connectivity index (χ4n) is 2.99. The number of sulfonamides is 1. The monoisotopic (exact) mass is 377 g/mol. The fraction of sp³-hybridized carbons (Fsp3) is 0.444. The molecule has 0 saturated carbocycles. The van der Waals surface area contributed by atoms with Crippen LogP contribution in [-0.4, -0.2) is 36.7 Å². The van der Waals surface area contributed by atoms with Gasteiger partial charge >= 0.3 is 0 Å². The van der Waals surface area contributed by atoms with E-state index in [1.54, 1.807) is 19.1 Å². The minimum Gasteiger partial charge on any atom is -0.444 e. The molecule has 7 nitrogen and oxygen atoms in total. The number of nitrogens with one attached hydrogen (secondary N) is 1. The summed E-state index contributed by atoms with van der Waals surface area (Å²) in [7, 11) is -3.69. The highest BCUT2D eigenvalue weighted by Crippen LogP contribution is 2.23. The van der Waals surface area contributed by atoms with Crippen molar-refractivity contribution in [1.29, 1.82) is 0 Å². The number of piperidine rings is 1. The van der Waals surface area contributed by atoms with Gasteiger partial charge in [-0.2, -0.15) is 4.31 Å². The maximum atomic E-state index is 12.9. The van der Waals surface area contributed by atoms with Gasteiger partial charge in [-0.15, -0.1) is 0 Å². The number of amides is 1. The molecule has 1 amide bonds. The largest absolute Gasteiger partial charge is 0.444 e. The van der Waals surface area contributed by atoms with Gasteiger partial charge in [0.2, 0.25) is 15.9 Å². The van der Waals surface area contributed by atoms with Gasteiger partial charge in [-0.1, -0.05) is 18.6 Å². The maximum absolute atomic E-state index is 12.9. The van der Waals surface area contributed by atoms with Crippen LogP contribution < -0.4 is 5.32 Å². The Morgan fingerprint density at radius 2 is 1.88 bits per heavy atom. The van der Waals surface area contributed by atoms with Crippen molar-refractivity contribution in [1.82, 2.24) is 14.6 Å². The van der Waals surface area contributed by atoms with E-state index in [9.17, 15) is 13.2 Å². The van der Waals surface area contributed by atoms with Crippen molar-refractivity contribution in [2.45, 2.75) is 44.6 Å². The number of hydrogen-bond donors (Lipinski definition) is 1. The highest BCUT2D eigenvalue weighted by molar-refractivity contribution is 7.89. The van der Waals surface area contributed by atoms with Gasteiger partial charge < -0.3 is 9.73 Å². The first-order chi connectivity index (χ1) is 12.4. The molecule has 2 aromatic rings. The van der Waals surface area contributed by atoms with Crippen LogP contribution in [0.2, 0.25) is 0 Å². The summed E-state index contributed by atoms with van der Waals surface area (Å²) in [6.07, 6.45) is 2.72. The minimum absolute atomic E-state index is 0.0409. The summed E-state index contributed by atoms with van der Waals surface area (Å²) in [4.78, 5) is 16.8. The third-order valence-electron chi connectivity index (χ3n) is 4.54. The lowest BCUT2D eigenvalue weighted by Gasteiger charge is -2.26. The second-order valence-corrected chi connectivity index (χ2v) is 8.30. The second-order valence-electron chi connectivity index (χ2n) is 6.39. The zero-order valence-electron chi connectivity index (χ0n) is 15.0. The highest BCUT2D eigenvalue weighted by atomic mass is 32.2. The average molecular weight is 377 g/mol. The molecule has 1 N–H and O–H groups in total. The number of oxazole rings is 1. The predicted octanol–water partition coefficient (Wildman–Crippen LogP) is 2.40. The lowest BCUT2D eigenvalue weighted by molar-refractivity contribution is 0.0943. The average Bonchev–Trinajstić information content (AvgIpc) is 2.98. The molecule has 0 atom stereocenters. The van der Waals surface area contributed by atoms with E-state index in [-0.39, 0.29) is 17.0 Å². The number of nitrogens with zero attached hydrogens (tertiary/aromatic N) is 2. The normalized spacial score (nSPS) is 15.8. The lowest BCUT2D eigenvalue weighted by atomic mass is 10.2. The molecule has 1 saturated heterocycles. The second kappa shape index (κ2) is 7.59. The molecule has 1 fully saturated rings. The van der Waals surface area contributed by atoms with E-state index in [0.717, 1.165) is 25.0 Å². The van der Waals surface area contributed by atoms with Crippen LogP contribution in [0.4, 0.5) is 0 Å². The van der Waals surface area contributed by atoms with Gasteiger partial charge in [0.1, 0.15) is 5.76 Å². The lowest BCUT2D eigenvalue weighted by Crippen LogP contribution is -2.37. The molecule has 3 rings (SSSR count). The van der Waals surface area contributed by atoms with Crippen LogP contribution in [0.1, 0.15) is 47.0 Å². The van der Waals surface area contributed by atoms with E-state index in [1.165, 1.54) is 16.4 Å². The molecular weight excluding hydrogens is 354 g/mol. The van der Waals surface area contributed by atoms with E-state index in [1.807, 2.05) is 6.92 Å². The molecule has 0 aliphatic carbocycles. The van der Waals surface area contributed by atoms with Crippen molar-refractivity contribution in [2.75, 3.05) is 13.1 Å². The summed E-state index contributed by atoms with van der Waals surface area (Å²) in [6, 6.07) is 6.30. The first kappa shape index (κ1) is 18.6. The van der Waals surface area contributed by atoms with Crippen LogP contribution in [0.15, 0.2) is 33.6 Å². The Hall–Kier alpha value is -2.19. The number of aromatic nitrogens is 1. The topological polar surface area (TPSA) is 92.5 Å². The van der Waals surface area contributed by atoms with Crippen LogP contribution in [0.3, 0.4) is 0 Å². The fourth-order valence-corrected chi connectivity index (χ4v) is 4.70. The zero-order valence-corrected chi connectivity index (χ0v) is 15.8. The standard InChI is InChI=1S/C18H23N3O4S/c1-13-14(2)25-17(20-13)12-19-18(22)15-8-4-5-9-16(15)26(23,24)21-10-6-3-7-11-21/h4-5,8-9H,3,6-7,10-12H2,1-2H3,(H,19,22). The molecule has 1 aliphatic rings. The van der Waals surface area contributed by atoms with E-state index in [2.05, 4.69) is 10.3 Å². The summed E-state index contributed by atoms with van der Waals surface area (Å²) >= 11 is 0. The number of carbonyl (C=O) groups excluding carboxylic acids is 1.